The lowest BCUT2D eigenvalue weighted by atomic mass is 10.2. The van der Waals surface area contributed by atoms with Gasteiger partial charge in [0.15, 0.2) is 0 Å². The van der Waals surface area contributed by atoms with Gasteiger partial charge in [0, 0.05) is 30.7 Å². The number of nitrogens with one attached hydrogen (secondary N) is 1. The zero-order valence-electron chi connectivity index (χ0n) is 12.5. The van der Waals surface area contributed by atoms with Gasteiger partial charge in [-0.05, 0) is 66.6 Å². The summed E-state index contributed by atoms with van der Waals surface area (Å²) in [4.78, 5) is 2.26. The first-order valence-electron chi connectivity index (χ1n) is 6.91. The van der Waals surface area contributed by atoms with Crippen molar-refractivity contribution in [1.29, 1.82) is 0 Å². The van der Waals surface area contributed by atoms with Crippen LogP contribution in [0.4, 0.5) is 5.69 Å². The van der Waals surface area contributed by atoms with E-state index >= 15 is 0 Å². The number of hydrogen-bond acceptors (Lipinski definition) is 3. The Morgan fingerprint density at radius 1 is 1.19 bits per heavy atom. The molecule has 0 aliphatic heterocycles. The van der Waals surface area contributed by atoms with E-state index < -0.39 is 0 Å². The monoisotopic (exact) mass is 430 g/mol. The summed E-state index contributed by atoms with van der Waals surface area (Å²) in [6.07, 6.45) is 0. The molecule has 2 rings (SSSR count). The molecular formula is C16H20Br2N2S. The van der Waals surface area contributed by atoms with Gasteiger partial charge in [0.2, 0.25) is 0 Å². The molecule has 1 aromatic heterocycles. The van der Waals surface area contributed by atoms with Crippen molar-refractivity contribution in [3.63, 3.8) is 0 Å². The molecule has 0 aliphatic rings. The molecule has 2 nitrogen and oxygen atoms in total. The Bertz CT molecular complexity index is 596. The first-order chi connectivity index (χ1) is 9.95. The Hall–Kier alpha value is -0.360. The molecule has 0 unspecified atom stereocenters. The van der Waals surface area contributed by atoms with Crippen LogP contribution in [0.1, 0.15) is 25.0 Å². The van der Waals surface area contributed by atoms with E-state index in [1.807, 2.05) is 0 Å². The van der Waals surface area contributed by atoms with Gasteiger partial charge in [-0.2, -0.15) is 0 Å². The van der Waals surface area contributed by atoms with Gasteiger partial charge in [-0.1, -0.05) is 19.9 Å². The third kappa shape index (κ3) is 5.09. The van der Waals surface area contributed by atoms with Gasteiger partial charge in [-0.3, -0.25) is 0 Å². The maximum atomic E-state index is 3.70. The van der Waals surface area contributed by atoms with E-state index in [4.69, 9.17) is 0 Å². The number of nitrogens with zero attached hydrogens (tertiary/aromatic N) is 1. The van der Waals surface area contributed by atoms with E-state index in [1.165, 1.54) is 20.6 Å². The third-order valence-corrected chi connectivity index (χ3v) is 5.37. The predicted molar refractivity (Wildman–Crippen MR) is 100 cm³/mol. The largest absolute Gasteiger partial charge is 0.369 e. The molecule has 21 heavy (non-hydrogen) atoms. The van der Waals surface area contributed by atoms with Crippen LogP contribution in [0, 0.1) is 0 Å². The molecule has 0 saturated heterocycles. The van der Waals surface area contributed by atoms with Gasteiger partial charge >= 0.3 is 0 Å². The molecule has 1 N–H and O–H groups in total. The molecule has 0 saturated carbocycles. The summed E-state index contributed by atoms with van der Waals surface area (Å²) >= 11 is 8.94. The first-order valence-corrected chi connectivity index (χ1v) is 9.38. The van der Waals surface area contributed by atoms with E-state index in [0.717, 1.165) is 17.6 Å². The maximum absolute atomic E-state index is 3.70. The Kier molecular flexibility index (Phi) is 6.29. The van der Waals surface area contributed by atoms with Crippen LogP contribution in [0.15, 0.2) is 37.9 Å². The van der Waals surface area contributed by atoms with Crippen molar-refractivity contribution < 1.29 is 0 Å². The van der Waals surface area contributed by atoms with E-state index in [9.17, 15) is 0 Å². The summed E-state index contributed by atoms with van der Waals surface area (Å²) in [5.74, 6) is 0. The van der Waals surface area contributed by atoms with Crippen molar-refractivity contribution in [2.75, 3.05) is 11.9 Å². The summed E-state index contributed by atoms with van der Waals surface area (Å²) in [6, 6.07) is 9.25. The zero-order valence-corrected chi connectivity index (χ0v) is 16.5. The minimum Gasteiger partial charge on any atom is -0.369 e. The second-order valence-corrected chi connectivity index (χ2v) is 8.58. The van der Waals surface area contributed by atoms with E-state index in [-0.39, 0.29) is 0 Å². The SMILES string of the molecule is CC(C)NCc1ccc(N(C)Cc2csc(Br)c2)c(Br)c1. The zero-order chi connectivity index (χ0) is 15.4. The summed E-state index contributed by atoms with van der Waals surface area (Å²) in [5.41, 5.74) is 3.84. The highest BCUT2D eigenvalue weighted by Crippen LogP contribution is 2.29. The molecule has 0 radical (unpaired) electrons. The van der Waals surface area contributed by atoms with Crippen LogP contribution in [0.3, 0.4) is 0 Å². The fourth-order valence-electron chi connectivity index (χ4n) is 2.08. The Balaban J connectivity index is 2.05. The average Bonchev–Trinajstić information content (AvgIpc) is 2.81. The Morgan fingerprint density at radius 2 is 1.95 bits per heavy atom. The molecule has 2 aromatic rings. The van der Waals surface area contributed by atoms with Crippen LogP contribution in [-0.4, -0.2) is 13.1 Å². The van der Waals surface area contributed by atoms with Crippen LogP contribution in [0.25, 0.3) is 0 Å². The second kappa shape index (κ2) is 7.77. The quantitative estimate of drug-likeness (QED) is 0.657. The molecule has 5 heteroatoms. The summed E-state index contributed by atoms with van der Waals surface area (Å²) in [6.45, 7) is 6.13. The highest BCUT2D eigenvalue weighted by atomic mass is 79.9. The lowest BCUT2D eigenvalue weighted by molar-refractivity contribution is 0.589. The summed E-state index contributed by atoms with van der Waals surface area (Å²) in [5, 5.41) is 5.63. The standard InChI is InChI=1S/C16H20Br2N2S/c1-11(2)19-8-12-4-5-15(14(17)6-12)20(3)9-13-7-16(18)21-10-13/h4-7,10-11,19H,8-9H2,1-3H3. The smallest absolute Gasteiger partial charge is 0.0701 e. The lowest BCUT2D eigenvalue weighted by Crippen LogP contribution is -2.22. The molecule has 0 atom stereocenters. The number of rotatable bonds is 6. The molecule has 0 fully saturated rings. The van der Waals surface area contributed by atoms with Crippen molar-refractivity contribution in [2.24, 2.45) is 0 Å². The minimum atomic E-state index is 0.503. The highest BCUT2D eigenvalue weighted by Gasteiger charge is 2.08. The number of anilines is 1. The number of halogens is 2. The third-order valence-electron chi connectivity index (χ3n) is 3.18. The van der Waals surface area contributed by atoms with Crippen molar-refractivity contribution in [2.45, 2.75) is 33.0 Å². The van der Waals surface area contributed by atoms with Crippen molar-refractivity contribution >= 4 is 48.9 Å². The molecule has 1 aromatic carbocycles. The molecule has 0 amide bonds. The maximum Gasteiger partial charge on any atom is 0.0701 e. The fraction of sp³-hybridized carbons (Fsp3) is 0.375. The first kappa shape index (κ1) is 17.0. The minimum absolute atomic E-state index is 0.503. The Labute approximate surface area is 147 Å². The molecule has 0 spiro atoms. The van der Waals surface area contributed by atoms with Gasteiger partial charge in [-0.25, -0.2) is 0 Å². The fourth-order valence-corrected chi connectivity index (χ4v) is 4.01. The second-order valence-electron chi connectivity index (χ2n) is 5.44. The van der Waals surface area contributed by atoms with Gasteiger partial charge in [0.25, 0.3) is 0 Å². The highest BCUT2D eigenvalue weighted by molar-refractivity contribution is 9.11. The molecule has 0 aliphatic carbocycles. The predicted octanol–water partition coefficient (Wildman–Crippen LogP) is 5.41. The number of hydrogen-bond donors (Lipinski definition) is 1. The van der Waals surface area contributed by atoms with Gasteiger partial charge < -0.3 is 10.2 Å². The van der Waals surface area contributed by atoms with Crippen molar-refractivity contribution in [3.05, 3.63) is 49.0 Å². The normalized spacial score (nSPS) is 11.1. The van der Waals surface area contributed by atoms with E-state index in [1.54, 1.807) is 11.3 Å². The lowest BCUT2D eigenvalue weighted by Gasteiger charge is -2.21. The van der Waals surface area contributed by atoms with E-state index in [0.29, 0.717) is 6.04 Å². The topological polar surface area (TPSA) is 15.3 Å². The number of benzene rings is 1. The molecule has 114 valence electrons. The van der Waals surface area contributed by atoms with Crippen LogP contribution < -0.4 is 10.2 Å². The Morgan fingerprint density at radius 3 is 2.52 bits per heavy atom. The summed E-state index contributed by atoms with van der Waals surface area (Å²) in [7, 11) is 2.12. The van der Waals surface area contributed by atoms with Crippen molar-refractivity contribution in [1.82, 2.24) is 5.32 Å². The average molecular weight is 432 g/mol. The number of thiophene rings is 1. The van der Waals surface area contributed by atoms with Crippen LogP contribution >= 0.6 is 43.2 Å². The molecule has 0 bridgehead atoms. The molecular weight excluding hydrogens is 412 g/mol. The summed E-state index contributed by atoms with van der Waals surface area (Å²) < 4.78 is 2.32. The van der Waals surface area contributed by atoms with Crippen LogP contribution in [-0.2, 0) is 13.1 Å². The van der Waals surface area contributed by atoms with E-state index in [2.05, 4.69) is 92.6 Å². The molecule has 1 heterocycles. The van der Waals surface area contributed by atoms with Crippen molar-refractivity contribution in [3.8, 4) is 0 Å². The van der Waals surface area contributed by atoms with Gasteiger partial charge in [-0.15, -0.1) is 11.3 Å². The van der Waals surface area contributed by atoms with Crippen LogP contribution in [0.5, 0.6) is 0 Å². The van der Waals surface area contributed by atoms with Gasteiger partial charge in [0.05, 0.1) is 9.47 Å². The van der Waals surface area contributed by atoms with Crippen LogP contribution in [0.2, 0.25) is 0 Å². The van der Waals surface area contributed by atoms with Gasteiger partial charge in [0.1, 0.15) is 0 Å².